The van der Waals surface area contributed by atoms with Crippen LogP contribution in [0.1, 0.15) is 26.1 Å². The molecule has 0 radical (unpaired) electrons. The molecule has 3 unspecified atom stereocenters. The van der Waals surface area contributed by atoms with Gasteiger partial charge >= 0.3 is 0 Å². The number of anilines is 1. The number of fused-ring (bicyclic) bond motifs is 1. The third-order valence-electron chi connectivity index (χ3n) is 4.56. The molecule has 0 amide bonds. The van der Waals surface area contributed by atoms with E-state index in [1.165, 1.54) is 12.1 Å². The molecular weight excluding hydrogens is 248 g/mol. The molecular formula is C16H24N4. The summed E-state index contributed by atoms with van der Waals surface area (Å²) in [5.41, 5.74) is 3.34. The second-order valence-electron chi connectivity index (χ2n) is 6.31. The lowest BCUT2D eigenvalue weighted by Crippen LogP contribution is -2.48. The molecule has 3 rings (SSSR count). The van der Waals surface area contributed by atoms with Crippen LogP contribution in [0.5, 0.6) is 0 Å². The van der Waals surface area contributed by atoms with Gasteiger partial charge in [-0.25, -0.2) is 4.98 Å². The lowest BCUT2D eigenvalue weighted by molar-refractivity contribution is 0.145. The van der Waals surface area contributed by atoms with E-state index < -0.39 is 0 Å². The van der Waals surface area contributed by atoms with Gasteiger partial charge in [0.1, 0.15) is 5.82 Å². The molecule has 20 heavy (non-hydrogen) atoms. The van der Waals surface area contributed by atoms with Crippen LogP contribution in [0.2, 0.25) is 0 Å². The van der Waals surface area contributed by atoms with Crippen molar-refractivity contribution < 1.29 is 0 Å². The molecule has 3 atom stereocenters. The van der Waals surface area contributed by atoms with Crippen LogP contribution in [0.3, 0.4) is 0 Å². The minimum absolute atomic E-state index is 0.544. The highest BCUT2D eigenvalue weighted by Gasteiger charge is 2.28. The molecule has 1 aliphatic heterocycles. The van der Waals surface area contributed by atoms with E-state index in [9.17, 15) is 0 Å². The summed E-state index contributed by atoms with van der Waals surface area (Å²) in [6.07, 6.45) is 1.19. The average molecular weight is 272 g/mol. The zero-order valence-corrected chi connectivity index (χ0v) is 12.8. The molecule has 2 heterocycles. The van der Waals surface area contributed by atoms with Gasteiger partial charge in [0.05, 0.1) is 11.0 Å². The van der Waals surface area contributed by atoms with Crippen molar-refractivity contribution in [3.05, 3.63) is 24.0 Å². The van der Waals surface area contributed by atoms with Gasteiger partial charge in [-0.05, 0) is 51.4 Å². The van der Waals surface area contributed by atoms with Crippen molar-refractivity contribution in [1.82, 2.24) is 14.9 Å². The summed E-state index contributed by atoms with van der Waals surface area (Å²) in [6.45, 7) is 7.79. The molecule has 0 aliphatic carbocycles. The van der Waals surface area contributed by atoms with E-state index in [0.717, 1.165) is 23.4 Å². The number of hydrogen-bond acceptors (Lipinski definition) is 3. The summed E-state index contributed by atoms with van der Waals surface area (Å²) in [6, 6.07) is 7.58. The summed E-state index contributed by atoms with van der Waals surface area (Å²) in [7, 11) is 2.22. The van der Waals surface area contributed by atoms with Gasteiger partial charge in [-0.2, -0.15) is 0 Å². The molecule has 4 heteroatoms. The van der Waals surface area contributed by atoms with Gasteiger partial charge in [0, 0.05) is 24.3 Å². The van der Waals surface area contributed by atoms with Crippen LogP contribution in [-0.4, -0.2) is 40.5 Å². The van der Waals surface area contributed by atoms with Crippen LogP contribution in [0, 0.1) is 12.8 Å². The third kappa shape index (κ3) is 2.52. The van der Waals surface area contributed by atoms with Crippen LogP contribution in [-0.2, 0) is 0 Å². The van der Waals surface area contributed by atoms with Gasteiger partial charge < -0.3 is 15.2 Å². The van der Waals surface area contributed by atoms with Gasteiger partial charge in [0.25, 0.3) is 0 Å². The Morgan fingerprint density at radius 2 is 2.15 bits per heavy atom. The standard InChI is InChI=1S/C16H24N4/c1-10-9-20(4)11(2)7-15(10)19-13-5-6-14-16(8-13)18-12(3)17-14/h5-6,8,10-11,15,19H,7,9H2,1-4H3,(H,17,18). The van der Waals surface area contributed by atoms with Crippen molar-refractivity contribution >= 4 is 16.7 Å². The molecule has 0 bridgehead atoms. The van der Waals surface area contributed by atoms with Crippen molar-refractivity contribution in [2.24, 2.45) is 5.92 Å². The van der Waals surface area contributed by atoms with Gasteiger partial charge in [0.2, 0.25) is 0 Å². The molecule has 2 aromatic rings. The van der Waals surface area contributed by atoms with Crippen LogP contribution in [0.4, 0.5) is 5.69 Å². The molecule has 1 aromatic carbocycles. The number of aromatic nitrogens is 2. The Bertz CT molecular complexity index is 604. The van der Waals surface area contributed by atoms with E-state index in [1.807, 2.05) is 6.92 Å². The van der Waals surface area contributed by atoms with Crippen molar-refractivity contribution in [3.8, 4) is 0 Å². The Kier molecular flexibility index (Phi) is 3.42. The number of nitrogens with zero attached hydrogens (tertiary/aromatic N) is 2. The smallest absolute Gasteiger partial charge is 0.104 e. The van der Waals surface area contributed by atoms with Crippen LogP contribution in [0.25, 0.3) is 11.0 Å². The topological polar surface area (TPSA) is 44.0 Å². The van der Waals surface area contributed by atoms with Crippen molar-refractivity contribution in [2.45, 2.75) is 39.3 Å². The van der Waals surface area contributed by atoms with Crippen molar-refractivity contribution in [3.63, 3.8) is 0 Å². The fourth-order valence-corrected chi connectivity index (χ4v) is 3.18. The van der Waals surface area contributed by atoms with Crippen molar-refractivity contribution in [2.75, 3.05) is 18.9 Å². The molecule has 2 N–H and O–H groups in total. The molecule has 108 valence electrons. The summed E-state index contributed by atoms with van der Waals surface area (Å²) >= 11 is 0. The fourth-order valence-electron chi connectivity index (χ4n) is 3.18. The number of hydrogen-bond donors (Lipinski definition) is 2. The van der Waals surface area contributed by atoms with Crippen LogP contribution >= 0.6 is 0 Å². The maximum Gasteiger partial charge on any atom is 0.104 e. The SMILES string of the molecule is Cc1nc2ccc(NC3CC(C)N(C)CC3C)cc2[nH]1. The summed E-state index contributed by atoms with van der Waals surface area (Å²) in [5, 5.41) is 3.71. The van der Waals surface area contributed by atoms with E-state index in [1.54, 1.807) is 0 Å². The first-order chi connectivity index (χ1) is 9.52. The Morgan fingerprint density at radius 3 is 2.95 bits per heavy atom. The Labute approximate surface area is 120 Å². The highest BCUT2D eigenvalue weighted by atomic mass is 15.2. The van der Waals surface area contributed by atoms with E-state index >= 15 is 0 Å². The van der Waals surface area contributed by atoms with Crippen molar-refractivity contribution in [1.29, 1.82) is 0 Å². The number of benzene rings is 1. The van der Waals surface area contributed by atoms with Crippen LogP contribution < -0.4 is 5.32 Å². The molecule has 1 aromatic heterocycles. The number of H-pyrrole nitrogens is 1. The summed E-state index contributed by atoms with van der Waals surface area (Å²) < 4.78 is 0. The first-order valence-corrected chi connectivity index (χ1v) is 7.46. The summed E-state index contributed by atoms with van der Waals surface area (Å²) in [5.74, 6) is 1.63. The molecule has 4 nitrogen and oxygen atoms in total. The number of rotatable bonds is 2. The normalized spacial score (nSPS) is 27.9. The monoisotopic (exact) mass is 272 g/mol. The minimum atomic E-state index is 0.544. The zero-order valence-electron chi connectivity index (χ0n) is 12.8. The number of imidazole rings is 1. The third-order valence-corrected chi connectivity index (χ3v) is 4.56. The minimum Gasteiger partial charge on any atom is -0.382 e. The van der Waals surface area contributed by atoms with E-state index in [2.05, 4.69) is 59.3 Å². The first kappa shape index (κ1) is 13.4. The van der Waals surface area contributed by atoms with E-state index in [0.29, 0.717) is 18.0 Å². The van der Waals surface area contributed by atoms with E-state index in [4.69, 9.17) is 0 Å². The largest absolute Gasteiger partial charge is 0.382 e. The average Bonchev–Trinajstić information content (AvgIpc) is 2.75. The highest BCUT2D eigenvalue weighted by Crippen LogP contribution is 2.25. The molecule has 1 saturated heterocycles. The van der Waals surface area contributed by atoms with Gasteiger partial charge in [-0.1, -0.05) is 6.92 Å². The molecule has 0 saturated carbocycles. The maximum atomic E-state index is 4.45. The fraction of sp³-hybridized carbons (Fsp3) is 0.562. The number of nitrogens with one attached hydrogen (secondary N) is 2. The van der Waals surface area contributed by atoms with Crippen LogP contribution in [0.15, 0.2) is 18.2 Å². The number of aryl methyl sites for hydroxylation is 1. The Balaban J connectivity index is 1.78. The molecule has 1 aliphatic rings. The molecule has 0 spiro atoms. The molecule has 1 fully saturated rings. The second-order valence-corrected chi connectivity index (χ2v) is 6.31. The maximum absolute atomic E-state index is 4.45. The lowest BCUT2D eigenvalue weighted by Gasteiger charge is -2.40. The Hall–Kier alpha value is -1.55. The first-order valence-electron chi connectivity index (χ1n) is 7.46. The Morgan fingerprint density at radius 1 is 1.35 bits per heavy atom. The predicted octanol–water partition coefficient (Wildman–Crippen LogP) is 3.01. The number of aromatic amines is 1. The predicted molar refractivity (Wildman–Crippen MR) is 84.1 cm³/mol. The summed E-state index contributed by atoms with van der Waals surface area (Å²) in [4.78, 5) is 10.2. The quantitative estimate of drug-likeness (QED) is 0.883. The number of likely N-dealkylation sites (tertiary alicyclic amines) is 1. The van der Waals surface area contributed by atoms with Gasteiger partial charge in [-0.15, -0.1) is 0 Å². The van der Waals surface area contributed by atoms with Gasteiger partial charge in [-0.3, -0.25) is 0 Å². The lowest BCUT2D eigenvalue weighted by atomic mass is 9.89. The van der Waals surface area contributed by atoms with E-state index in [-0.39, 0.29) is 0 Å². The zero-order chi connectivity index (χ0) is 14.3. The number of piperidine rings is 1. The highest BCUT2D eigenvalue weighted by molar-refractivity contribution is 5.79. The second kappa shape index (κ2) is 5.09. The van der Waals surface area contributed by atoms with Gasteiger partial charge in [0.15, 0.2) is 0 Å².